The fraction of sp³-hybridized carbons (Fsp3) is 0.800. The highest BCUT2D eigenvalue weighted by Crippen LogP contribution is 2.29. The van der Waals surface area contributed by atoms with Crippen LogP contribution in [0.5, 0.6) is 0 Å². The van der Waals surface area contributed by atoms with Gasteiger partial charge in [0, 0.05) is 21.3 Å². The Labute approximate surface area is 97.4 Å². The summed E-state index contributed by atoms with van der Waals surface area (Å²) in [5.74, 6) is -0.332. The minimum Gasteiger partial charge on any atom is -0.376 e. The largest absolute Gasteiger partial charge is 0.511 e. The van der Waals surface area contributed by atoms with E-state index in [1.165, 1.54) is 28.3 Å². The van der Waals surface area contributed by atoms with Crippen molar-refractivity contribution in [2.24, 2.45) is 0 Å². The van der Waals surface area contributed by atoms with Crippen LogP contribution in [0, 0.1) is 0 Å². The van der Waals surface area contributed by atoms with Gasteiger partial charge in [0.15, 0.2) is 0 Å². The van der Waals surface area contributed by atoms with E-state index in [4.69, 9.17) is 13.3 Å². The molecule has 0 saturated heterocycles. The second-order valence-electron chi connectivity index (χ2n) is 3.52. The van der Waals surface area contributed by atoms with Crippen molar-refractivity contribution < 1.29 is 22.9 Å². The van der Waals surface area contributed by atoms with E-state index >= 15 is 0 Å². The average Bonchev–Trinajstić information content (AvgIpc) is 2.24. The normalized spacial score (nSPS) is 13.6. The summed E-state index contributed by atoms with van der Waals surface area (Å²) in [5.41, 5.74) is -0.476. The Morgan fingerprint density at radius 3 is 1.81 bits per heavy atom. The standard InChI is InChI=1S/C10H20O5Si/c1-6-10(9(12)7-8(2)11)16(13-3,14-4)15-5/h10H,6-7H2,1-5H3. The highest BCUT2D eigenvalue weighted by Gasteiger charge is 2.50. The predicted molar refractivity (Wildman–Crippen MR) is 61.1 cm³/mol. The molecule has 0 aliphatic carbocycles. The van der Waals surface area contributed by atoms with Crippen molar-refractivity contribution >= 4 is 20.4 Å². The minimum atomic E-state index is -2.98. The summed E-state index contributed by atoms with van der Waals surface area (Å²) < 4.78 is 15.8. The fourth-order valence-electron chi connectivity index (χ4n) is 1.72. The van der Waals surface area contributed by atoms with Crippen molar-refractivity contribution in [3.8, 4) is 0 Å². The molecule has 0 aliphatic heterocycles. The van der Waals surface area contributed by atoms with Crippen LogP contribution in [-0.2, 0) is 22.9 Å². The first-order valence-corrected chi connectivity index (χ1v) is 6.95. The van der Waals surface area contributed by atoms with Gasteiger partial charge in [-0.1, -0.05) is 6.92 Å². The predicted octanol–water partition coefficient (Wildman–Crippen LogP) is 1.19. The van der Waals surface area contributed by atoms with Crippen molar-refractivity contribution in [3.05, 3.63) is 0 Å². The van der Waals surface area contributed by atoms with Crippen molar-refractivity contribution in [2.75, 3.05) is 21.3 Å². The van der Waals surface area contributed by atoms with E-state index < -0.39 is 14.3 Å². The van der Waals surface area contributed by atoms with E-state index in [0.29, 0.717) is 6.42 Å². The van der Waals surface area contributed by atoms with E-state index in [0.717, 1.165) is 0 Å². The Bertz CT molecular complexity index is 241. The van der Waals surface area contributed by atoms with Crippen LogP contribution in [0.2, 0.25) is 5.54 Å². The van der Waals surface area contributed by atoms with Gasteiger partial charge in [-0.2, -0.15) is 0 Å². The molecule has 1 unspecified atom stereocenters. The van der Waals surface area contributed by atoms with Crippen LogP contribution in [0.15, 0.2) is 0 Å². The molecule has 0 aromatic carbocycles. The molecule has 0 aromatic heterocycles. The SMILES string of the molecule is CCC(C(=O)CC(C)=O)[Si](OC)(OC)OC. The Hall–Kier alpha value is -0.563. The molecule has 0 rings (SSSR count). The van der Waals surface area contributed by atoms with Gasteiger partial charge in [0.2, 0.25) is 0 Å². The quantitative estimate of drug-likeness (QED) is 0.477. The molecular formula is C10H20O5Si. The van der Waals surface area contributed by atoms with Crippen LogP contribution in [-0.4, -0.2) is 41.7 Å². The lowest BCUT2D eigenvalue weighted by Gasteiger charge is -2.30. The Balaban J connectivity index is 4.93. The van der Waals surface area contributed by atoms with E-state index in [2.05, 4.69) is 0 Å². The Morgan fingerprint density at radius 1 is 1.12 bits per heavy atom. The summed E-state index contributed by atoms with van der Waals surface area (Å²) in [4.78, 5) is 22.8. The third kappa shape index (κ3) is 3.48. The van der Waals surface area contributed by atoms with Crippen LogP contribution in [0.25, 0.3) is 0 Å². The van der Waals surface area contributed by atoms with Crippen molar-refractivity contribution in [1.82, 2.24) is 0 Å². The molecule has 0 radical (unpaired) electrons. The summed E-state index contributed by atoms with van der Waals surface area (Å²) in [5, 5.41) is 0. The molecule has 94 valence electrons. The summed E-state index contributed by atoms with van der Waals surface area (Å²) in [7, 11) is 1.41. The van der Waals surface area contributed by atoms with Crippen LogP contribution in [0.1, 0.15) is 26.7 Å². The first kappa shape index (κ1) is 15.4. The number of Topliss-reactive ketones (excluding diaryl/α,β-unsaturated/α-hetero) is 2. The van der Waals surface area contributed by atoms with Crippen LogP contribution in [0.3, 0.4) is 0 Å². The van der Waals surface area contributed by atoms with Crippen LogP contribution in [0.4, 0.5) is 0 Å². The number of rotatable bonds is 8. The minimum absolute atomic E-state index is 0.0939. The van der Waals surface area contributed by atoms with Gasteiger partial charge in [-0.15, -0.1) is 0 Å². The van der Waals surface area contributed by atoms with Crippen molar-refractivity contribution in [3.63, 3.8) is 0 Å². The van der Waals surface area contributed by atoms with Gasteiger partial charge in [-0.05, 0) is 13.3 Å². The van der Waals surface area contributed by atoms with E-state index in [-0.39, 0.29) is 18.0 Å². The molecule has 0 N–H and O–H groups in total. The van der Waals surface area contributed by atoms with Crippen LogP contribution < -0.4 is 0 Å². The van der Waals surface area contributed by atoms with E-state index in [1.54, 1.807) is 0 Å². The molecule has 5 nitrogen and oxygen atoms in total. The molecule has 0 aromatic rings. The molecule has 16 heavy (non-hydrogen) atoms. The maximum absolute atomic E-state index is 11.9. The lowest BCUT2D eigenvalue weighted by atomic mass is 10.1. The molecule has 6 heteroatoms. The maximum atomic E-state index is 11.9. The molecule has 0 saturated carbocycles. The zero-order valence-electron chi connectivity index (χ0n) is 10.5. The van der Waals surface area contributed by atoms with Gasteiger partial charge in [0.05, 0.1) is 12.0 Å². The maximum Gasteiger partial charge on any atom is 0.511 e. The highest BCUT2D eigenvalue weighted by atomic mass is 28.4. The zero-order valence-corrected chi connectivity index (χ0v) is 11.5. The third-order valence-electron chi connectivity index (χ3n) is 2.50. The van der Waals surface area contributed by atoms with Crippen molar-refractivity contribution in [2.45, 2.75) is 32.2 Å². The number of hydrogen-bond donors (Lipinski definition) is 0. The smallest absolute Gasteiger partial charge is 0.376 e. The fourth-order valence-corrected chi connectivity index (χ4v) is 4.07. The Morgan fingerprint density at radius 2 is 1.56 bits per heavy atom. The molecule has 0 spiro atoms. The van der Waals surface area contributed by atoms with Gasteiger partial charge >= 0.3 is 8.80 Å². The average molecular weight is 248 g/mol. The monoisotopic (exact) mass is 248 g/mol. The molecule has 0 amide bonds. The summed E-state index contributed by atoms with van der Waals surface area (Å²) in [6, 6.07) is 0. The number of ketones is 2. The van der Waals surface area contributed by atoms with E-state index in [1.807, 2.05) is 6.92 Å². The number of carbonyl (C=O) groups is 2. The number of hydrogen-bond acceptors (Lipinski definition) is 5. The zero-order chi connectivity index (χ0) is 12.8. The third-order valence-corrected chi connectivity index (χ3v) is 5.79. The van der Waals surface area contributed by atoms with Gasteiger partial charge in [-0.25, -0.2) is 0 Å². The Kier molecular flexibility index (Phi) is 6.66. The van der Waals surface area contributed by atoms with Crippen LogP contribution >= 0.6 is 0 Å². The lowest BCUT2D eigenvalue weighted by molar-refractivity contribution is -0.126. The van der Waals surface area contributed by atoms with E-state index in [9.17, 15) is 9.59 Å². The topological polar surface area (TPSA) is 61.8 Å². The molecule has 0 aliphatic rings. The molecule has 0 bridgehead atoms. The summed E-state index contributed by atoms with van der Waals surface area (Å²) in [6.45, 7) is 3.24. The summed E-state index contributed by atoms with van der Waals surface area (Å²) in [6.07, 6.45) is 0.442. The van der Waals surface area contributed by atoms with Gasteiger partial charge in [0.1, 0.15) is 11.6 Å². The van der Waals surface area contributed by atoms with Gasteiger partial charge in [-0.3, -0.25) is 9.59 Å². The highest BCUT2D eigenvalue weighted by molar-refractivity contribution is 6.66. The first-order valence-electron chi connectivity index (χ1n) is 5.15. The second kappa shape index (κ2) is 6.90. The first-order chi connectivity index (χ1) is 7.47. The molecule has 0 fully saturated rings. The molecular weight excluding hydrogens is 228 g/mol. The summed E-state index contributed by atoms with van der Waals surface area (Å²) >= 11 is 0. The molecule has 1 atom stereocenters. The number of carbonyl (C=O) groups excluding carboxylic acids is 2. The van der Waals surface area contributed by atoms with Gasteiger partial charge in [0.25, 0.3) is 0 Å². The lowest BCUT2D eigenvalue weighted by Crippen LogP contribution is -2.50. The van der Waals surface area contributed by atoms with Gasteiger partial charge < -0.3 is 13.3 Å². The molecule has 0 heterocycles. The second-order valence-corrected chi connectivity index (χ2v) is 6.65. The van der Waals surface area contributed by atoms with Crippen molar-refractivity contribution in [1.29, 1.82) is 0 Å².